The number of nitrogens with zero attached hydrogens (tertiary/aromatic N) is 1. The summed E-state index contributed by atoms with van der Waals surface area (Å²) in [7, 11) is 1.64. The number of rotatable bonds is 4. The number of carbonyl (C=O) groups is 1. The van der Waals surface area contributed by atoms with Gasteiger partial charge >= 0.3 is 6.09 Å². The highest BCUT2D eigenvalue weighted by Gasteiger charge is 2.35. The zero-order valence-corrected chi connectivity index (χ0v) is 17.6. The van der Waals surface area contributed by atoms with Crippen LogP contribution in [0.1, 0.15) is 29.8 Å². The second kappa shape index (κ2) is 8.00. The van der Waals surface area contributed by atoms with Crippen molar-refractivity contribution in [2.24, 2.45) is 0 Å². The maximum Gasteiger partial charge on any atom is 0.410 e. The summed E-state index contributed by atoms with van der Waals surface area (Å²) in [5, 5.41) is 1.10. The fraction of sp³-hybridized carbons (Fsp3) is 0.318. The average Bonchev–Trinajstić information content (AvgIpc) is 3.11. The van der Waals surface area contributed by atoms with E-state index in [4.69, 9.17) is 9.47 Å². The lowest BCUT2D eigenvalue weighted by atomic mass is 9.92. The van der Waals surface area contributed by atoms with Gasteiger partial charge < -0.3 is 14.5 Å². The van der Waals surface area contributed by atoms with Gasteiger partial charge in [0.05, 0.1) is 13.7 Å². The zero-order valence-electron chi connectivity index (χ0n) is 16.8. The predicted octanol–water partition coefficient (Wildman–Crippen LogP) is 4.36. The molecule has 1 aliphatic heterocycles. The van der Waals surface area contributed by atoms with Gasteiger partial charge in [-0.2, -0.15) is 4.55 Å². The molecule has 0 bridgehead atoms. The molecule has 1 amide bonds. The van der Waals surface area contributed by atoms with Gasteiger partial charge in [-0.05, 0) is 48.7 Å². The Kier molecular flexibility index (Phi) is 5.43. The van der Waals surface area contributed by atoms with E-state index in [1.54, 1.807) is 18.3 Å². The molecule has 0 aliphatic carbocycles. The van der Waals surface area contributed by atoms with Crippen molar-refractivity contribution in [1.29, 1.82) is 0 Å². The van der Waals surface area contributed by atoms with Gasteiger partial charge in [0.2, 0.25) is 0 Å². The Morgan fingerprint density at radius 3 is 2.69 bits per heavy atom. The van der Waals surface area contributed by atoms with Crippen molar-refractivity contribution in [3.8, 4) is 5.75 Å². The van der Waals surface area contributed by atoms with Crippen molar-refractivity contribution in [2.75, 3.05) is 26.5 Å². The number of hydrogen-bond acceptors (Lipinski definition) is 4. The van der Waals surface area contributed by atoms with E-state index >= 15 is 0 Å². The summed E-state index contributed by atoms with van der Waals surface area (Å²) in [5.41, 5.74) is 4.18. The van der Waals surface area contributed by atoms with Crippen molar-refractivity contribution in [1.82, 2.24) is 9.88 Å². The molecule has 6 nitrogen and oxygen atoms in total. The average molecular weight is 414 g/mol. The Morgan fingerprint density at radius 2 is 2.03 bits per heavy atom. The first-order valence-electron chi connectivity index (χ1n) is 9.60. The number of ether oxygens (including phenoxy) is 2. The summed E-state index contributed by atoms with van der Waals surface area (Å²) in [4.78, 5) is 18.9. The molecule has 0 spiro atoms. The molecule has 2 N–H and O–H groups in total. The van der Waals surface area contributed by atoms with Crippen LogP contribution in [0.25, 0.3) is 10.9 Å². The van der Waals surface area contributed by atoms with Gasteiger partial charge in [0.15, 0.2) is 16.1 Å². The standard InChI is InChI=1S/C22H25N2O4S/c1-4-28-22(25)24-12-11-17-18-13-16(29(3)26)9-10-19(18)23-20(17)21(24)14-5-7-15(27-2)8-6-14/h5-10,13,21,23,26H,4,11-12H2,1-3H3/q+1. The third-order valence-corrected chi connectivity index (χ3v) is 6.31. The molecule has 29 heavy (non-hydrogen) atoms. The highest BCUT2D eigenvalue weighted by Crippen LogP contribution is 2.39. The van der Waals surface area contributed by atoms with Crippen LogP contribution in [0.2, 0.25) is 0 Å². The summed E-state index contributed by atoms with van der Waals surface area (Å²) in [6, 6.07) is 13.5. The number of fused-ring (bicyclic) bond motifs is 3. The minimum atomic E-state index is -0.798. The normalized spacial score (nSPS) is 17.1. The third kappa shape index (κ3) is 3.56. The van der Waals surface area contributed by atoms with Crippen molar-refractivity contribution >= 4 is 28.2 Å². The summed E-state index contributed by atoms with van der Waals surface area (Å²) in [6.07, 6.45) is 2.21. The van der Waals surface area contributed by atoms with E-state index < -0.39 is 11.2 Å². The lowest BCUT2D eigenvalue weighted by Crippen LogP contribution is -2.40. The van der Waals surface area contributed by atoms with Crippen LogP contribution in [0.15, 0.2) is 47.4 Å². The number of carbonyl (C=O) groups excluding carboxylic acids is 1. The van der Waals surface area contributed by atoms with E-state index in [1.165, 1.54) is 5.56 Å². The van der Waals surface area contributed by atoms with Crippen molar-refractivity contribution in [3.63, 3.8) is 0 Å². The number of benzene rings is 2. The van der Waals surface area contributed by atoms with Crippen LogP contribution in [-0.4, -0.2) is 47.0 Å². The van der Waals surface area contributed by atoms with Gasteiger partial charge in [0.25, 0.3) is 0 Å². The number of aromatic amines is 1. The molecule has 0 saturated heterocycles. The van der Waals surface area contributed by atoms with Crippen molar-refractivity contribution < 1.29 is 18.8 Å². The van der Waals surface area contributed by atoms with Gasteiger partial charge in [-0.25, -0.2) is 4.79 Å². The Labute approximate surface area is 173 Å². The molecule has 4 rings (SSSR count). The Hall–Kier alpha value is -2.64. The maximum absolute atomic E-state index is 12.7. The van der Waals surface area contributed by atoms with Crippen LogP contribution >= 0.6 is 0 Å². The first-order chi connectivity index (χ1) is 14.0. The Balaban J connectivity index is 1.85. The van der Waals surface area contributed by atoms with Crippen LogP contribution in [-0.2, 0) is 22.3 Å². The molecular formula is C22H25N2O4S+. The maximum atomic E-state index is 12.7. The topological polar surface area (TPSA) is 74.8 Å². The Morgan fingerprint density at radius 1 is 1.28 bits per heavy atom. The third-order valence-electron chi connectivity index (χ3n) is 5.37. The van der Waals surface area contributed by atoms with Crippen LogP contribution < -0.4 is 4.74 Å². The second-order valence-electron chi connectivity index (χ2n) is 7.02. The Bertz CT molecular complexity index is 1030. The van der Waals surface area contributed by atoms with E-state index in [2.05, 4.69) is 11.1 Å². The quantitative estimate of drug-likeness (QED) is 0.623. The van der Waals surface area contributed by atoms with Gasteiger partial charge in [0.1, 0.15) is 18.0 Å². The van der Waals surface area contributed by atoms with Crippen LogP contribution in [0.3, 0.4) is 0 Å². The number of H-pyrrole nitrogens is 1. The number of amides is 1. The van der Waals surface area contributed by atoms with E-state index in [-0.39, 0.29) is 12.1 Å². The highest BCUT2D eigenvalue weighted by atomic mass is 32.2. The first kappa shape index (κ1) is 19.7. The van der Waals surface area contributed by atoms with E-state index in [1.807, 2.05) is 43.3 Å². The molecule has 2 aromatic carbocycles. The van der Waals surface area contributed by atoms with Gasteiger partial charge in [-0.15, -0.1) is 0 Å². The molecule has 0 fully saturated rings. The smallest absolute Gasteiger partial charge is 0.410 e. The van der Waals surface area contributed by atoms with Gasteiger partial charge in [-0.3, -0.25) is 4.90 Å². The molecule has 2 unspecified atom stereocenters. The molecule has 2 heterocycles. The summed E-state index contributed by atoms with van der Waals surface area (Å²) in [5.74, 6) is 0.770. The molecule has 7 heteroatoms. The molecular weight excluding hydrogens is 388 g/mol. The van der Waals surface area contributed by atoms with Gasteiger partial charge in [-0.1, -0.05) is 12.1 Å². The SMILES string of the molecule is CCOC(=O)N1CCc2c([nH]c3ccc([S+](C)O)cc23)C1c1ccc(OC)cc1. The number of aromatic nitrogens is 1. The minimum absolute atomic E-state index is 0.270. The summed E-state index contributed by atoms with van der Waals surface area (Å²) in [6.45, 7) is 2.72. The van der Waals surface area contributed by atoms with Crippen LogP contribution in [0, 0.1) is 0 Å². The zero-order chi connectivity index (χ0) is 20.5. The van der Waals surface area contributed by atoms with Crippen LogP contribution in [0.5, 0.6) is 5.75 Å². The number of hydrogen-bond donors (Lipinski definition) is 2. The molecule has 1 aromatic heterocycles. The second-order valence-corrected chi connectivity index (χ2v) is 8.45. The van der Waals surface area contributed by atoms with Crippen LogP contribution in [0.4, 0.5) is 4.79 Å². The predicted molar refractivity (Wildman–Crippen MR) is 115 cm³/mol. The summed E-state index contributed by atoms with van der Waals surface area (Å²) >= 11 is -0.798. The fourth-order valence-corrected chi connectivity index (χ4v) is 4.54. The van der Waals surface area contributed by atoms with E-state index in [9.17, 15) is 9.35 Å². The van der Waals surface area contributed by atoms with Gasteiger partial charge in [0, 0.05) is 29.2 Å². The fourth-order valence-electron chi connectivity index (χ4n) is 3.99. The minimum Gasteiger partial charge on any atom is -0.497 e. The first-order valence-corrected chi connectivity index (χ1v) is 11.2. The summed E-state index contributed by atoms with van der Waals surface area (Å²) < 4.78 is 20.6. The lowest BCUT2D eigenvalue weighted by Gasteiger charge is -2.35. The molecule has 152 valence electrons. The monoisotopic (exact) mass is 413 g/mol. The number of nitrogens with one attached hydrogen (secondary N) is 1. The van der Waals surface area contributed by atoms with Crippen molar-refractivity contribution in [2.45, 2.75) is 24.3 Å². The molecule has 0 radical (unpaired) electrons. The largest absolute Gasteiger partial charge is 0.497 e. The molecule has 1 aliphatic rings. The molecule has 2 atom stereocenters. The molecule has 3 aromatic rings. The highest BCUT2D eigenvalue weighted by molar-refractivity contribution is 7.90. The number of methoxy groups -OCH3 is 1. The lowest BCUT2D eigenvalue weighted by molar-refractivity contribution is 0.0932. The van der Waals surface area contributed by atoms with E-state index in [0.29, 0.717) is 13.2 Å². The molecule has 0 saturated carbocycles. The van der Waals surface area contributed by atoms with E-state index in [0.717, 1.165) is 39.2 Å². The van der Waals surface area contributed by atoms with Crippen molar-refractivity contribution in [3.05, 3.63) is 59.3 Å².